The molecule has 0 saturated carbocycles. The molecule has 0 bridgehead atoms. The van der Waals surface area contributed by atoms with Crippen LogP contribution in [0.2, 0.25) is 0 Å². The highest BCUT2D eigenvalue weighted by Crippen LogP contribution is 2.08. The lowest BCUT2D eigenvalue weighted by atomic mass is 10.1. The zero-order valence-corrected chi connectivity index (χ0v) is 9.99. The van der Waals surface area contributed by atoms with E-state index in [0.717, 1.165) is 25.9 Å². The summed E-state index contributed by atoms with van der Waals surface area (Å²) in [6.45, 7) is 2.03. The third kappa shape index (κ3) is 4.61. The van der Waals surface area contributed by atoms with Crippen molar-refractivity contribution in [3.8, 4) is 0 Å². The number of amides is 1. The summed E-state index contributed by atoms with van der Waals surface area (Å²) in [5.41, 5.74) is 0. The summed E-state index contributed by atoms with van der Waals surface area (Å²) in [5, 5.41) is 2.95. The molecule has 1 aliphatic rings. The van der Waals surface area contributed by atoms with E-state index in [1.165, 1.54) is 7.11 Å². The lowest BCUT2D eigenvalue weighted by Crippen LogP contribution is -2.43. The first-order valence-electron chi connectivity index (χ1n) is 5.66. The molecule has 1 fully saturated rings. The minimum absolute atomic E-state index is 0.0556. The molecule has 0 aromatic heterocycles. The molecule has 1 heterocycles. The van der Waals surface area contributed by atoms with Crippen LogP contribution in [-0.2, 0) is 14.3 Å². The SMILES string of the molecule is COC(=O)CCC(=O)NC1CCN(C)CC1. The van der Waals surface area contributed by atoms with Crippen LogP contribution in [0.3, 0.4) is 0 Å². The molecule has 5 heteroatoms. The van der Waals surface area contributed by atoms with Gasteiger partial charge in [-0.3, -0.25) is 9.59 Å². The van der Waals surface area contributed by atoms with Crippen molar-refractivity contribution in [2.45, 2.75) is 31.7 Å². The molecule has 0 spiro atoms. The number of piperidine rings is 1. The highest BCUT2D eigenvalue weighted by atomic mass is 16.5. The third-order valence-electron chi connectivity index (χ3n) is 2.87. The Hall–Kier alpha value is -1.10. The van der Waals surface area contributed by atoms with Crippen molar-refractivity contribution in [2.24, 2.45) is 0 Å². The number of esters is 1. The number of nitrogens with one attached hydrogen (secondary N) is 1. The second kappa shape index (κ2) is 6.48. The van der Waals surface area contributed by atoms with Crippen molar-refractivity contribution >= 4 is 11.9 Å². The topological polar surface area (TPSA) is 58.6 Å². The van der Waals surface area contributed by atoms with Crippen LogP contribution in [-0.4, -0.2) is 50.1 Å². The predicted molar refractivity (Wildman–Crippen MR) is 59.9 cm³/mol. The van der Waals surface area contributed by atoms with Crippen LogP contribution in [0.5, 0.6) is 0 Å². The van der Waals surface area contributed by atoms with Crippen LogP contribution in [0, 0.1) is 0 Å². The molecule has 92 valence electrons. The summed E-state index contributed by atoms with van der Waals surface area (Å²) in [6.07, 6.45) is 2.36. The molecule has 0 unspecified atom stereocenters. The van der Waals surface area contributed by atoms with Gasteiger partial charge in [-0.1, -0.05) is 0 Å². The van der Waals surface area contributed by atoms with E-state index in [9.17, 15) is 9.59 Å². The number of carbonyl (C=O) groups excluding carboxylic acids is 2. The van der Waals surface area contributed by atoms with Gasteiger partial charge in [0.1, 0.15) is 0 Å². The number of hydrogen-bond acceptors (Lipinski definition) is 4. The Morgan fingerprint density at radius 2 is 1.94 bits per heavy atom. The first-order valence-corrected chi connectivity index (χ1v) is 5.66. The number of carbonyl (C=O) groups is 2. The van der Waals surface area contributed by atoms with Crippen molar-refractivity contribution in [3.63, 3.8) is 0 Å². The normalized spacial score (nSPS) is 18.1. The monoisotopic (exact) mass is 228 g/mol. The first kappa shape index (κ1) is 13.0. The van der Waals surface area contributed by atoms with Crippen molar-refractivity contribution in [3.05, 3.63) is 0 Å². The molecular formula is C11H20N2O3. The standard InChI is InChI=1S/C11H20N2O3/c1-13-7-5-9(6-8-13)12-10(14)3-4-11(15)16-2/h9H,3-8H2,1-2H3,(H,12,14). The van der Waals surface area contributed by atoms with Gasteiger partial charge in [0.15, 0.2) is 0 Å². The van der Waals surface area contributed by atoms with Gasteiger partial charge in [0.05, 0.1) is 13.5 Å². The zero-order valence-electron chi connectivity index (χ0n) is 9.99. The number of likely N-dealkylation sites (tertiary alicyclic amines) is 1. The highest BCUT2D eigenvalue weighted by Gasteiger charge is 2.18. The molecule has 16 heavy (non-hydrogen) atoms. The van der Waals surface area contributed by atoms with Gasteiger partial charge in [-0.25, -0.2) is 0 Å². The second-order valence-electron chi connectivity index (χ2n) is 4.22. The number of hydrogen-bond donors (Lipinski definition) is 1. The number of rotatable bonds is 4. The number of ether oxygens (including phenoxy) is 1. The van der Waals surface area contributed by atoms with Gasteiger partial charge in [-0.2, -0.15) is 0 Å². The molecule has 0 aliphatic carbocycles. The molecule has 0 radical (unpaired) electrons. The maximum Gasteiger partial charge on any atom is 0.306 e. The van der Waals surface area contributed by atoms with Gasteiger partial charge in [0.25, 0.3) is 0 Å². The van der Waals surface area contributed by atoms with E-state index in [1.54, 1.807) is 0 Å². The Bertz CT molecular complexity index is 248. The first-order chi connectivity index (χ1) is 7.61. The fourth-order valence-corrected chi connectivity index (χ4v) is 1.77. The van der Waals surface area contributed by atoms with Crippen LogP contribution < -0.4 is 5.32 Å². The quantitative estimate of drug-likeness (QED) is 0.696. The number of methoxy groups -OCH3 is 1. The molecule has 1 saturated heterocycles. The smallest absolute Gasteiger partial charge is 0.306 e. The second-order valence-corrected chi connectivity index (χ2v) is 4.22. The van der Waals surface area contributed by atoms with Crippen molar-refractivity contribution in [2.75, 3.05) is 27.2 Å². The Morgan fingerprint density at radius 1 is 1.31 bits per heavy atom. The minimum Gasteiger partial charge on any atom is -0.469 e. The number of nitrogens with zero attached hydrogens (tertiary/aromatic N) is 1. The Kier molecular flexibility index (Phi) is 5.25. The summed E-state index contributed by atoms with van der Waals surface area (Å²) in [7, 11) is 3.41. The molecule has 1 aliphatic heterocycles. The molecule has 0 atom stereocenters. The third-order valence-corrected chi connectivity index (χ3v) is 2.87. The Morgan fingerprint density at radius 3 is 2.50 bits per heavy atom. The molecule has 0 aromatic carbocycles. The Balaban J connectivity index is 2.16. The van der Waals surface area contributed by atoms with Gasteiger partial charge in [0.2, 0.25) is 5.91 Å². The fourth-order valence-electron chi connectivity index (χ4n) is 1.77. The van der Waals surface area contributed by atoms with Crippen LogP contribution in [0.1, 0.15) is 25.7 Å². The van der Waals surface area contributed by atoms with Gasteiger partial charge >= 0.3 is 5.97 Å². The molecule has 0 aromatic rings. The van der Waals surface area contributed by atoms with Crippen LogP contribution in [0.4, 0.5) is 0 Å². The summed E-state index contributed by atoms with van der Waals surface area (Å²) < 4.78 is 4.48. The molecule has 1 N–H and O–H groups in total. The van der Waals surface area contributed by atoms with Crippen molar-refractivity contribution in [1.29, 1.82) is 0 Å². The molecule has 5 nitrogen and oxygen atoms in total. The van der Waals surface area contributed by atoms with Crippen molar-refractivity contribution in [1.82, 2.24) is 10.2 Å². The summed E-state index contributed by atoms with van der Waals surface area (Å²) in [6, 6.07) is 0.265. The average molecular weight is 228 g/mol. The maximum absolute atomic E-state index is 11.5. The van der Waals surface area contributed by atoms with E-state index in [-0.39, 0.29) is 30.8 Å². The molecule has 1 amide bonds. The largest absolute Gasteiger partial charge is 0.469 e. The summed E-state index contributed by atoms with van der Waals surface area (Å²) in [4.78, 5) is 24.6. The molecular weight excluding hydrogens is 208 g/mol. The van der Waals surface area contributed by atoms with E-state index in [1.807, 2.05) is 0 Å². The zero-order chi connectivity index (χ0) is 12.0. The van der Waals surface area contributed by atoms with E-state index in [2.05, 4.69) is 22.0 Å². The highest BCUT2D eigenvalue weighted by molar-refractivity contribution is 5.81. The summed E-state index contributed by atoms with van der Waals surface area (Å²) >= 11 is 0. The molecule has 1 rings (SSSR count). The maximum atomic E-state index is 11.5. The lowest BCUT2D eigenvalue weighted by Gasteiger charge is -2.29. The predicted octanol–water partition coefficient (Wildman–Crippen LogP) is 0.150. The van der Waals surface area contributed by atoms with Gasteiger partial charge < -0.3 is 15.0 Å². The van der Waals surface area contributed by atoms with Gasteiger partial charge in [0, 0.05) is 12.5 Å². The minimum atomic E-state index is -0.335. The fraction of sp³-hybridized carbons (Fsp3) is 0.818. The van der Waals surface area contributed by atoms with E-state index in [4.69, 9.17) is 0 Å². The lowest BCUT2D eigenvalue weighted by molar-refractivity contribution is -0.142. The van der Waals surface area contributed by atoms with Gasteiger partial charge in [-0.05, 0) is 33.0 Å². The van der Waals surface area contributed by atoms with Crippen LogP contribution in [0.15, 0.2) is 0 Å². The Labute approximate surface area is 96.1 Å². The van der Waals surface area contributed by atoms with Crippen LogP contribution in [0.25, 0.3) is 0 Å². The summed E-state index contributed by atoms with van der Waals surface area (Å²) in [5.74, 6) is -0.390. The average Bonchev–Trinajstić information content (AvgIpc) is 2.29. The van der Waals surface area contributed by atoms with Gasteiger partial charge in [-0.15, -0.1) is 0 Å². The van der Waals surface area contributed by atoms with Crippen LogP contribution >= 0.6 is 0 Å². The van der Waals surface area contributed by atoms with E-state index < -0.39 is 0 Å². The van der Waals surface area contributed by atoms with E-state index >= 15 is 0 Å². The van der Waals surface area contributed by atoms with Crippen molar-refractivity contribution < 1.29 is 14.3 Å². The van der Waals surface area contributed by atoms with E-state index in [0.29, 0.717) is 0 Å².